The molecule has 4 nitrogen and oxygen atoms in total. The standard InChI is InChI=1S/C10H9ClN2O2/c1-2-5-12-7-8-6-9(13(14)15)3-4-10(8)11/h1,3-4,6,12H,5,7H2. The second-order valence-corrected chi connectivity index (χ2v) is 3.25. The maximum atomic E-state index is 10.5. The van der Waals surface area contributed by atoms with Crippen molar-refractivity contribution in [2.24, 2.45) is 0 Å². The number of nitrogens with zero attached hydrogens (tertiary/aromatic N) is 1. The Morgan fingerprint density at radius 3 is 2.93 bits per heavy atom. The van der Waals surface area contributed by atoms with E-state index in [2.05, 4.69) is 11.2 Å². The zero-order valence-electron chi connectivity index (χ0n) is 7.87. The van der Waals surface area contributed by atoms with Crippen molar-refractivity contribution in [3.63, 3.8) is 0 Å². The molecule has 78 valence electrons. The molecule has 0 radical (unpaired) electrons. The minimum Gasteiger partial charge on any atom is -0.302 e. The number of non-ortho nitro benzene ring substituents is 1. The van der Waals surface area contributed by atoms with Gasteiger partial charge in [-0.3, -0.25) is 10.1 Å². The number of nitrogens with one attached hydrogen (secondary N) is 1. The molecule has 0 heterocycles. The molecule has 0 atom stereocenters. The summed E-state index contributed by atoms with van der Waals surface area (Å²) in [7, 11) is 0. The highest BCUT2D eigenvalue weighted by Crippen LogP contribution is 2.21. The van der Waals surface area contributed by atoms with E-state index in [0.717, 1.165) is 0 Å². The van der Waals surface area contributed by atoms with Crippen LogP contribution >= 0.6 is 11.6 Å². The first-order valence-corrected chi connectivity index (χ1v) is 4.60. The van der Waals surface area contributed by atoms with E-state index < -0.39 is 4.92 Å². The van der Waals surface area contributed by atoms with Crippen molar-refractivity contribution >= 4 is 17.3 Å². The van der Waals surface area contributed by atoms with Crippen molar-refractivity contribution in [1.82, 2.24) is 5.32 Å². The monoisotopic (exact) mass is 224 g/mol. The summed E-state index contributed by atoms with van der Waals surface area (Å²) in [5.74, 6) is 2.41. The van der Waals surface area contributed by atoms with Crippen LogP contribution in [-0.4, -0.2) is 11.5 Å². The Balaban J connectivity index is 2.82. The van der Waals surface area contributed by atoms with E-state index in [1.54, 1.807) is 0 Å². The fraction of sp³-hybridized carbons (Fsp3) is 0.200. The topological polar surface area (TPSA) is 55.2 Å². The molecule has 0 aliphatic carbocycles. The molecule has 0 saturated carbocycles. The van der Waals surface area contributed by atoms with Crippen molar-refractivity contribution in [1.29, 1.82) is 0 Å². The molecular weight excluding hydrogens is 216 g/mol. The highest BCUT2D eigenvalue weighted by molar-refractivity contribution is 6.31. The summed E-state index contributed by atoms with van der Waals surface area (Å²) >= 11 is 5.87. The molecule has 0 aromatic heterocycles. The van der Waals surface area contributed by atoms with Crippen LogP contribution in [0.25, 0.3) is 0 Å². The average Bonchev–Trinajstić information content (AvgIpc) is 2.20. The van der Waals surface area contributed by atoms with Crippen LogP contribution in [-0.2, 0) is 6.54 Å². The van der Waals surface area contributed by atoms with Gasteiger partial charge >= 0.3 is 0 Å². The first-order valence-electron chi connectivity index (χ1n) is 4.22. The number of benzene rings is 1. The second-order valence-electron chi connectivity index (χ2n) is 2.84. The van der Waals surface area contributed by atoms with E-state index in [4.69, 9.17) is 18.0 Å². The molecule has 0 unspecified atom stereocenters. The molecule has 0 saturated heterocycles. The van der Waals surface area contributed by atoms with E-state index in [1.165, 1.54) is 18.2 Å². The fourth-order valence-corrected chi connectivity index (χ4v) is 1.26. The van der Waals surface area contributed by atoms with Gasteiger partial charge in [0.05, 0.1) is 11.5 Å². The summed E-state index contributed by atoms with van der Waals surface area (Å²) < 4.78 is 0. The number of hydrogen-bond donors (Lipinski definition) is 1. The fourth-order valence-electron chi connectivity index (χ4n) is 1.08. The van der Waals surface area contributed by atoms with E-state index in [-0.39, 0.29) is 5.69 Å². The molecule has 1 rings (SSSR count). The van der Waals surface area contributed by atoms with Gasteiger partial charge < -0.3 is 5.32 Å². The predicted octanol–water partition coefficient (Wildman–Crippen LogP) is 1.97. The quantitative estimate of drug-likeness (QED) is 0.368. The summed E-state index contributed by atoms with van der Waals surface area (Å²) in [4.78, 5) is 10.0. The Bertz CT molecular complexity index is 412. The zero-order valence-corrected chi connectivity index (χ0v) is 8.62. The zero-order chi connectivity index (χ0) is 11.3. The van der Waals surface area contributed by atoms with Crippen molar-refractivity contribution in [3.05, 3.63) is 38.9 Å². The first-order chi connectivity index (χ1) is 7.15. The lowest BCUT2D eigenvalue weighted by Gasteiger charge is -2.03. The molecular formula is C10H9ClN2O2. The lowest BCUT2D eigenvalue weighted by Crippen LogP contribution is -2.13. The minimum atomic E-state index is -0.457. The van der Waals surface area contributed by atoms with Gasteiger partial charge in [0.15, 0.2) is 0 Å². The molecule has 0 spiro atoms. The molecule has 5 heteroatoms. The largest absolute Gasteiger partial charge is 0.302 e. The highest BCUT2D eigenvalue weighted by Gasteiger charge is 2.08. The van der Waals surface area contributed by atoms with Crippen LogP contribution in [0, 0.1) is 22.5 Å². The van der Waals surface area contributed by atoms with Crippen molar-refractivity contribution in [2.45, 2.75) is 6.54 Å². The molecule has 0 bridgehead atoms. The summed E-state index contributed by atoms with van der Waals surface area (Å²) in [5, 5.41) is 13.9. The number of nitro groups is 1. The van der Waals surface area contributed by atoms with Crippen molar-refractivity contribution in [2.75, 3.05) is 6.54 Å². The third kappa shape index (κ3) is 3.24. The van der Waals surface area contributed by atoms with E-state index in [1.807, 2.05) is 0 Å². The van der Waals surface area contributed by atoms with E-state index in [0.29, 0.717) is 23.7 Å². The maximum absolute atomic E-state index is 10.5. The summed E-state index contributed by atoms with van der Waals surface area (Å²) in [6, 6.07) is 4.31. The van der Waals surface area contributed by atoms with Crippen LogP contribution < -0.4 is 5.32 Å². The number of terminal acetylenes is 1. The lowest BCUT2D eigenvalue weighted by molar-refractivity contribution is -0.384. The van der Waals surface area contributed by atoms with Gasteiger partial charge in [-0.15, -0.1) is 6.42 Å². The Morgan fingerprint density at radius 2 is 2.33 bits per heavy atom. The van der Waals surface area contributed by atoms with Gasteiger partial charge in [0.25, 0.3) is 5.69 Å². The average molecular weight is 225 g/mol. The third-order valence-electron chi connectivity index (χ3n) is 1.78. The maximum Gasteiger partial charge on any atom is 0.269 e. The Morgan fingerprint density at radius 1 is 1.60 bits per heavy atom. The van der Waals surface area contributed by atoms with Gasteiger partial charge in [-0.05, 0) is 11.6 Å². The molecule has 1 N–H and O–H groups in total. The SMILES string of the molecule is C#CCNCc1cc([N+](=O)[O-])ccc1Cl. The van der Waals surface area contributed by atoms with Crippen LogP contribution in [0.2, 0.25) is 5.02 Å². The van der Waals surface area contributed by atoms with Gasteiger partial charge in [-0.2, -0.15) is 0 Å². The van der Waals surface area contributed by atoms with Gasteiger partial charge in [0.2, 0.25) is 0 Å². The molecule has 0 aliphatic heterocycles. The molecule has 1 aromatic carbocycles. The summed E-state index contributed by atoms with van der Waals surface area (Å²) in [6.07, 6.45) is 5.06. The number of nitro benzene ring substituents is 1. The number of halogens is 1. The highest BCUT2D eigenvalue weighted by atomic mass is 35.5. The van der Waals surface area contributed by atoms with Gasteiger partial charge in [-0.25, -0.2) is 0 Å². The molecule has 0 amide bonds. The van der Waals surface area contributed by atoms with Gasteiger partial charge in [-0.1, -0.05) is 17.5 Å². The first kappa shape index (κ1) is 11.5. The molecule has 0 fully saturated rings. The second kappa shape index (κ2) is 5.35. The Kier molecular flexibility index (Phi) is 4.10. The lowest BCUT2D eigenvalue weighted by atomic mass is 10.2. The van der Waals surface area contributed by atoms with Crippen LogP contribution in [0.15, 0.2) is 18.2 Å². The number of rotatable bonds is 4. The normalized spacial score (nSPS) is 9.60. The van der Waals surface area contributed by atoms with Crippen LogP contribution in [0.4, 0.5) is 5.69 Å². The molecule has 1 aromatic rings. The molecule has 15 heavy (non-hydrogen) atoms. The third-order valence-corrected chi connectivity index (χ3v) is 2.15. The van der Waals surface area contributed by atoms with Gasteiger partial charge in [0, 0.05) is 23.7 Å². The van der Waals surface area contributed by atoms with E-state index in [9.17, 15) is 10.1 Å². The Labute approximate surface area is 92.4 Å². The summed E-state index contributed by atoms with van der Waals surface area (Å²) in [5.41, 5.74) is 0.693. The van der Waals surface area contributed by atoms with Crippen LogP contribution in [0.3, 0.4) is 0 Å². The minimum absolute atomic E-state index is 0.0249. The van der Waals surface area contributed by atoms with Crippen molar-refractivity contribution in [3.8, 4) is 12.3 Å². The van der Waals surface area contributed by atoms with Gasteiger partial charge in [0.1, 0.15) is 0 Å². The van der Waals surface area contributed by atoms with E-state index >= 15 is 0 Å². The Hall–Kier alpha value is -1.57. The number of hydrogen-bond acceptors (Lipinski definition) is 3. The summed E-state index contributed by atoms with van der Waals surface area (Å²) in [6.45, 7) is 0.823. The smallest absolute Gasteiger partial charge is 0.269 e. The van der Waals surface area contributed by atoms with Crippen LogP contribution in [0.1, 0.15) is 5.56 Å². The van der Waals surface area contributed by atoms with Crippen LogP contribution in [0.5, 0.6) is 0 Å². The predicted molar refractivity (Wildman–Crippen MR) is 58.6 cm³/mol. The molecule has 0 aliphatic rings. The van der Waals surface area contributed by atoms with Crippen molar-refractivity contribution < 1.29 is 4.92 Å².